The van der Waals surface area contributed by atoms with Gasteiger partial charge in [0.1, 0.15) is 24.1 Å². The number of hydrogen-bond acceptors (Lipinski definition) is 5. The first kappa shape index (κ1) is 20.5. The average molecular weight is 437 g/mol. The lowest BCUT2D eigenvalue weighted by Gasteiger charge is -2.17. The van der Waals surface area contributed by atoms with Crippen LogP contribution in [0.5, 0.6) is 5.75 Å². The average Bonchev–Trinajstić information content (AvgIpc) is 3.27. The molecule has 1 aliphatic rings. The van der Waals surface area contributed by atoms with Gasteiger partial charge in [-0.1, -0.05) is 78.0 Å². The number of halogens is 1. The maximum atomic E-state index is 10.8. The molecule has 1 aliphatic heterocycles. The van der Waals surface area contributed by atoms with E-state index in [1.807, 2.05) is 72.8 Å². The molecule has 1 unspecified atom stereocenters. The van der Waals surface area contributed by atoms with Crippen LogP contribution in [0.1, 0.15) is 27.0 Å². The fourth-order valence-electron chi connectivity index (χ4n) is 3.08. The summed E-state index contributed by atoms with van der Waals surface area (Å²) in [4.78, 5) is 10.8. The fourth-order valence-corrected chi connectivity index (χ4v) is 4.10. The number of carbonyl (C=O) groups excluding carboxylic acids is 1. The molecule has 0 radical (unpaired) electrons. The Labute approximate surface area is 185 Å². The van der Waals surface area contributed by atoms with E-state index in [1.54, 1.807) is 11.8 Å². The minimum Gasteiger partial charge on any atom is -0.488 e. The van der Waals surface area contributed by atoms with Gasteiger partial charge in [-0.3, -0.25) is 10.1 Å². The summed E-state index contributed by atoms with van der Waals surface area (Å²) in [6.45, 7) is 1.19. The number of thioether (sulfide) groups is 1. The summed E-state index contributed by atoms with van der Waals surface area (Å²) in [5.74, 6) is 0.785. The largest absolute Gasteiger partial charge is 0.488 e. The van der Waals surface area contributed by atoms with Gasteiger partial charge in [0, 0.05) is 22.7 Å². The van der Waals surface area contributed by atoms with Gasteiger partial charge in [0.25, 0.3) is 0 Å². The Balaban J connectivity index is 1.39. The maximum Gasteiger partial charge on any atom is 0.150 e. The smallest absolute Gasteiger partial charge is 0.150 e. The van der Waals surface area contributed by atoms with Crippen molar-refractivity contribution in [2.45, 2.75) is 18.6 Å². The standard InChI is InChI=1S/C24H21ClN2O2S/c25-20-10-11-23(29-15-19-4-2-1-3-5-19)21(12-20)22-16-30-24(27-22)26-13-17-6-8-18(14-28)9-7-17/h1-12,14,16,24,26-27H,13,15H2. The van der Waals surface area contributed by atoms with Crippen molar-refractivity contribution in [2.24, 2.45) is 0 Å². The van der Waals surface area contributed by atoms with Gasteiger partial charge in [-0.25, -0.2) is 0 Å². The molecule has 0 bridgehead atoms. The number of benzene rings is 3. The zero-order chi connectivity index (χ0) is 20.8. The molecule has 0 saturated carbocycles. The van der Waals surface area contributed by atoms with Gasteiger partial charge in [-0.2, -0.15) is 0 Å². The molecule has 2 N–H and O–H groups in total. The molecule has 0 aliphatic carbocycles. The molecule has 3 aromatic carbocycles. The number of nitrogens with one attached hydrogen (secondary N) is 2. The van der Waals surface area contributed by atoms with Crippen molar-refractivity contribution in [3.63, 3.8) is 0 Å². The molecule has 4 nitrogen and oxygen atoms in total. The quantitative estimate of drug-likeness (QED) is 0.460. The zero-order valence-electron chi connectivity index (χ0n) is 16.2. The summed E-state index contributed by atoms with van der Waals surface area (Å²) >= 11 is 7.92. The van der Waals surface area contributed by atoms with Crippen LogP contribution in [0.3, 0.4) is 0 Å². The van der Waals surface area contributed by atoms with Crippen molar-refractivity contribution in [3.8, 4) is 5.75 Å². The number of ether oxygens (including phenoxy) is 1. The first-order valence-corrected chi connectivity index (χ1v) is 10.9. The second kappa shape index (κ2) is 9.85. The molecule has 0 fully saturated rings. The van der Waals surface area contributed by atoms with Crippen LogP contribution in [0.25, 0.3) is 5.70 Å². The van der Waals surface area contributed by atoms with E-state index < -0.39 is 0 Å². The predicted octanol–water partition coefficient (Wildman–Crippen LogP) is 5.44. The Bertz CT molecular complexity index is 1040. The van der Waals surface area contributed by atoms with Crippen LogP contribution >= 0.6 is 23.4 Å². The molecular weight excluding hydrogens is 416 g/mol. The van der Waals surface area contributed by atoms with Crippen LogP contribution in [0.2, 0.25) is 5.02 Å². The van der Waals surface area contributed by atoms with Crippen molar-refractivity contribution in [2.75, 3.05) is 0 Å². The molecule has 4 rings (SSSR count). The first-order chi connectivity index (χ1) is 14.7. The van der Waals surface area contributed by atoms with Crippen LogP contribution in [-0.2, 0) is 13.2 Å². The van der Waals surface area contributed by atoms with Crippen LogP contribution in [0.15, 0.2) is 78.2 Å². The van der Waals surface area contributed by atoms with E-state index in [4.69, 9.17) is 16.3 Å². The number of rotatable bonds is 8. The van der Waals surface area contributed by atoms with Crippen LogP contribution in [-0.4, -0.2) is 11.8 Å². The van der Waals surface area contributed by atoms with Gasteiger partial charge in [-0.15, -0.1) is 0 Å². The molecule has 152 valence electrons. The fraction of sp³-hybridized carbons (Fsp3) is 0.125. The van der Waals surface area contributed by atoms with Gasteiger partial charge in [0.05, 0.1) is 5.70 Å². The molecule has 0 aromatic heterocycles. The van der Waals surface area contributed by atoms with Crippen molar-refractivity contribution >= 4 is 35.3 Å². The molecule has 30 heavy (non-hydrogen) atoms. The van der Waals surface area contributed by atoms with Crippen molar-refractivity contribution in [1.29, 1.82) is 0 Å². The molecule has 0 saturated heterocycles. The van der Waals surface area contributed by atoms with Gasteiger partial charge < -0.3 is 10.1 Å². The Hall–Kier alpha value is -2.73. The topological polar surface area (TPSA) is 50.4 Å². The van der Waals surface area contributed by atoms with E-state index >= 15 is 0 Å². The summed E-state index contributed by atoms with van der Waals surface area (Å²) < 4.78 is 6.08. The van der Waals surface area contributed by atoms with Crippen LogP contribution in [0, 0.1) is 0 Å². The molecule has 0 spiro atoms. The highest BCUT2D eigenvalue weighted by Crippen LogP contribution is 2.34. The Morgan fingerprint density at radius 3 is 2.60 bits per heavy atom. The normalized spacial score (nSPS) is 15.4. The second-order valence-electron chi connectivity index (χ2n) is 6.85. The zero-order valence-corrected chi connectivity index (χ0v) is 17.7. The summed E-state index contributed by atoms with van der Waals surface area (Å²) in [5.41, 5.74) is 4.85. The van der Waals surface area contributed by atoms with E-state index in [1.165, 1.54) is 0 Å². The minimum absolute atomic E-state index is 0.0340. The van der Waals surface area contributed by atoms with Crippen molar-refractivity contribution in [3.05, 3.63) is 105 Å². The highest BCUT2D eigenvalue weighted by molar-refractivity contribution is 8.03. The predicted molar refractivity (Wildman–Crippen MR) is 123 cm³/mol. The summed E-state index contributed by atoms with van der Waals surface area (Å²) in [7, 11) is 0. The number of hydrogen-bond donors (Lipinski definition) is 2. The molecule has 3 aromatic rings. The van der Waals surface area contributed by atoms with E-state index in [-0.39, 0.29) is 5.50 Å². The van der Waals surface area contributed by atoms with Gasteiger partial charge in [0.2, 0.25) is 0 Å². The Morgan fingerprint density at radius 1 is 1.03 bits per heavy atom. The minimum atomic E-state index is 0.0340. The van der Waals surface area contributed by atoms with Crippen molar-refractivity contribution in [1.82, 2.24) is 10.6 Å². The summed E-state index contributed by atoms with van der Waals surface area (Å²) in [6.07, 6.45) is 0.851. The first-order valence-electron chi connectivity index (χ1n) is 9.57. The van der Waals surface area contributed by atoms with Gasteiger partial charge in [0.15, 0.2) is 0 Å². The van der Waals surface area contributed by atoms with E-state index in [0.29, 0.717) is 23.7 Å². The lowest BCUT2D eigenvalue weighted by molar-refractivity contribution is 0.112. The number of aldehydes is 1. The molecular formula is C24H21ClN2O2S. The van der Waals surface area contributed by atoms with Crippen LogP contribution in [0.4, 0.5) is 0 Å². The Morgan fingerprint density at radius 2 is 1.83 bits per heavy atom. The lowest BCUT2D eigenvalue weighted by Crippen LogP contribution is -2.35. The van der Waals surface area contributed by atoms with E-state index in [2.05, 4.69) is 16.0 Å². The third-order valence-electron chi connectivity index (χ3n) is 4.68. The third kappa shape index (κ3) is 5.25. The highest BCUT2D eigenvalue weighted by atomic mass is 35.5. The van der Waals surface area contributed by atoms with E-state index in [9.17, 15) is 4.79 Å². The molecule has 1 atom stereocenters. The second-order valence-corrected chi connectivity index (χ2v) is 8.26. The Kier molecular flexibility index (Phi) is 6.74. The third-order valence-corrected chi connectivity index (χ3v) is 5.85. The monoisotopic (exact) mass is 436 g/mol. The van der Waals surface area contributed by atoms with Crippen LogP contribution < -0.4 is 15.4 Å². The highest BCUT2D eigenvalue weighted by Gasteiger charge is 2.20. The SMILES string of the molecule is O=Cc1ccc(CNC2NC(c3cc(Cl)ccc3OCc3ccccc3)=CS2)cc1. The van der Waals surface area contributed by atoms with Gasteiger partial charge in [-0.05, 0) is 34.7 Å². The molecule has 0 amide bonds. The molecule has 6 heteroatoms. The number of carbonyl (C=O) groups is 1. The lowest BCUT2D eigenvalue weighted by atomic mass is 10.1. The summed E-state index contributed by atoms with van der Waals surface area (Å²) in [6, 6.07) is 23.3. The maximum absolute atomic E-state index is 10.8. The molecule has 1 heterocycles. The van der Waals surface area contributed by atoms with E-state index in [0.717, 1.165) is 34.4 Å². The van der Waals surface area contributed by atoms with Crippen molar-refractivity contribution < 1.29 is 9.53 Å². The van der Waals surface area contributed by atoms with Gasteiger partial charge >= 0.3 is 0 Å². The summed E-state index contributed by atoms with van der Waals surface area (Å²) in [5, 5.41) is 9.69.